The fraction of sp³-hybridized carbons (Fsp3) is 1.00. The van der Waals surface area contributed by atoms with Crippen LogP contribution in [-0.2, 0) is 9.16 Å². The van der Waals surface area contributed by atoms with Crippen LogP contribution in [0.15, 0.2) is 0 Å². The van der Waals surface area contributed by atoms with Crippen LogP contribution in [-0.4, -0.2) is 28.2 Å². The zero-order valence-electron chi connectivity index (χ0n) is 13.1. The minimum atomic E-state index is -0.498. The SMILES string of the molecule is CC(C)CC1(C(C)O[SiH2]C2CCCO2)CCCCC1. The molecule has 0 aromatic heterocycles. The number of hydrogen-bond donors (Lipinski definition) is 0. The minimum absolute atomic E-state index is 0.450. The van der Waals surface area contributed by atoms with Gasteiger partial charge in [-0.25, -0.2) is 0 Å². The second-order valence-electron chi connectivity index (χ2n) is 7.13. The van der Waals surface area contributed by atoms with Crippen molar-refractivity contribution in [2.75, 3.05) is 6.61 Å². The van der Waals surface area contributed by atoms with Crippen molar-refractivity contribution in [2.45, 2.75) is 84.0 Å². The molecule has 19 heavy (non-hydrogen) atoms. The Bertz CT molecular complexity index is 255. The first-order chi connectivity index (χ1) is 9.12. The summed E-state index contributed by atoms with van der Waals surface area (Å²) in [5, 5.41) is 0. The summed E-state index contributed by atoms with van der Waals surface area (Å²) < 4.78 is 12.1. The molecule has 0 N–H and O–H groups in total. The smallest absolute Gasteiger partial charge is 0.190 e. The topological polar surface area (TPSA) is 18.5 Å². The van der Waals surface area contributed by atoms with Crippen molar-refractivity contribution in [1.29, 1.82) is 0 Å². The van der Waals surface area contributed by atoms with Crippen LogP contribution < -0.4 is 0 Å². The Balaban J connectivity index is 1.88. The van der Waals surface area contributed by atoms with E-state index in [-0.39, 0.29) is 0 Å². The quantitative estimate of drug-likeness (QED) is 0.694. The Morgan fingerprint density at radius 3 is 2.47 bits per heavy atom. The lowest BCUT2D eigenvalue weighted by atomic mass is 9.66. The van der Waals surface area contributed by atoms with Crippen LogP contribution in [0, 0.1) is 11.3 Å². The van der Waals surface area contributed by atoms with E-state index < -0.39 is 9.76 Å². The fourth-order valence-corrected chi connectivity index (χ4v) is 5.62. The van der Waals surface area contributed by atoms with E-state index in [1.54, 1.807) is 0 Å². The van der Waals surface area contributed by atoms with Crippen LogP contribution in [0.5, 0.6) is 0 Å². The molecule has 1 saturated heterocycles. The van der Waals surface area contributed by atoms with Crippen LogP contribution in [0.1, 0.15) is 72.1 Å². The summed E-state index contributed by atoms with van der Waals surface area (Å²) in [4.78, 5) is 0. The third-order valence-electron chi connectivity index (χ3n) is 5.08. The molecule has 2 aliphatic rings. The summed E-state index contributed by atoms with van der Waals surface area (Å²) >= 11 is 0. The van der Waals surface area contributed by atoms with Crippen molar-refractivity contribution in [3.63, 3.8) is 0 Å². The lowest BCUT2D eigenvalue weighted by molar-refractivity contribution is 0.00501. The molecule has 2 unspecified atom stereocenters. The molecule has 0 radical (unpaired) electrons. The molecule has 0 spiro atoms. The molecule has 0 aromatic carbocycles. The van der Waals surface area contributed by atoms with E-state index in [0.717, 1.165) is 12.5 Å². The highest BCUT2D eigenvalue weighted by molar-refractivity contribution is 6.29. The van der Waals surface area contributed by atoms with E-state index in [4.69, 9.17) is 9.16 Å². The zero-order chi connectivity index (χ0) is 13.7. The van der Waals surface area contributed by atoms with Crippen LogP contribution >= 0.6 is 0 Å². The Morgan fingerprint density at radius 1 is 1.16 bits per heavy atom. The molecule has 112 valence electrons. The normalized spacial score (nSPS) is 29.4. The van der Waals surface area contributed by atoms with Gasteiger partial charge in [-0.1, -0.05) is 33.1 Å². The molecule has 1 aliphatic heterocycles. The summed E-state index contributed by atoms with van der Waals surface area (Å²) in [7, 11) is -0.498. The predicted molar refractivity (Wildman–Crippen MR) is 83.0 cm³/mol. The van der Waals surface area contributed by atoms with E-state index in [9.17, 15) is 0 Å². The Hall–Kier alpha value is 0.137. The van der Waals surface area contributed by atoms with E-state index in [1.807, 2.05) is 0 Å². The van der Waals surface area contributed by atoms with Gasteiger partial charge in [-0.05, 0) is 50.4 Å². The summed E-state index contributed by atoms with van der Waals surface area (Å²) in [6.07, 6.45) is 11.3. The highest BCUT2D eigenvalue weighted by Crippen LogP contribution is 2.45. The molecule has 2 rings (SSSR count). The standard InChI is InChI=1S/C16H32O2Si/c1-13(2)12-16(9-5-4-6-10-16)14(3)18-19-15-8-7-11-17-15/h13-15H,4-12,19H2,1-3H3. The minimum Gasteiger partial charge on any atom is -0.418 e. The highest BCUT2D eigenvalue weighted by atomic mass is 28.2. The van der Waals surface area contributed by atoms with Gasteiger partial charge in [0.1, 0.15) is 0 Å². The number of ether oxygens (including phenoxy) is 1. The predicted octanol–water partition coefficient (Wildman–Crippen LogP) is 3.61. The maximum absolute atomic E-state index is 6.38. The third kappa shape index (κ3) is 4.30. The van der Waals surface area contributed by atoms with Crippen LogP contribution in [0.25, 0.3) is 0 Å². The van der Waals surface area contributed by atoms with Crippen molar-refractivity contribution in [2.24, 2.45) is 11.3 Å². The molecule has 2 fully saturated rings. The first kappa shape index (κ1) is 15.5. The van der Waals surface area contributed by atoms with Crippen LogP contribution in [0.4, 0.5) is 0 Å². The van der Waals surface area contributed by atoms with Crippen molar-refractivity contribution in [3.05, 3.63) is 0 Å². The monoisotopic (exact) mass is 284 g/mol. The first-order valence-electron chi connectivity index (χ1n) is 8.35. The molecule has 3 heteroatoms. The van der Waals surface area contributed by atoms with Gasteiger partial charge in [0.05, 0.1) is 5.73 Å². The lowest BCUT2D eigenvalue weighted by Gasteiger charge is -2.44. The summed E-state index contributed by atoms with van der Waals surface area (Å²) in [5.41, 5.74) is 0.972. The van der Waals surface area contributed by atoms with E-state index in [1.165, 1.54) is 51.4 Å². The second kappa shape index (κ2) is 7.23. The van der Waals surface area contributed by atoms with Crippen molar-refractivity contribution >= 4 is 9.76 Å². The van der Waals surface area contributed by atoms with Crippen molar-refractivity contribution in [1.82, 2.24) is 0 Å². The molecule has 1 saturated carbocycles. The molecular weight excluding hydrogens is 252 g/mol. The van der Waals surface area contributed by atoms with E-state index >= 15 is 0 Å². The first-order valence-corrected chi connectivity index (χ1v) is 9.75. The molecule has 1 aliphatic carbocycles. The second-order valence-corrected chi connectivity index (χ2v) is 8.71. The largest absolute Gasteiger partial charge is 0.418 e. The lowest BCUT2D eigenvalue weighted by Crippen LogP contribution is -2.40. The summed E-state index contributed by atoms with van der Waals surface area (Å²) in [6, 6.07) is 0. The summed E-state index contributed by atoms with van der Waals surface area (Å²) in [6.45, 7) is 8.03. The van der Waals surface area contributed by atoms with Gasteiger partial charge < -0.3 is 9.16 Å². The van der Waals surface area contributed by atoms with Gasteiger partial charge in [-0.2, -0.15) is 0 Å². The molecule has 2 nitrogen and oxygen atoms in total. The van der Waals surface area contributed by atoms with Gasteiger partial charge in [0.15, 0.2) is 9.76 Å². The number of hydrogen-bond acceptors (Lipinski definition) is 2. The van der Waals surface area contributed by atoms with Crippen molar-refractivity contribution < 1.29 is 9.16 Å². The fourth-order valence-electron chi connectivity index (χ4n) is 4.05. The third-order valence-corrected chi connectivity index (χ3v) is 6.79. The maximum Gasteiger partial charge on any atom is 0.190 e. The Labute approximate surface area is 121 Å². The Morgan fingerprint density at radius 2 is 1.89 bits per heavy atom. The molecule has 1 heterocycles. The maximum atomic E-state index is 6.38. The van der Waals surface area contributed by atoms with E-state index in [2.05, 4.69) is 20.8 Å². The van der Waals surface area contributed by atoms with Crippen molar-refractivity contribution in [3.8, 4) is 0 Å². The number of rotatable bonds is 6. The van der Waals surface area contributed by atoms with Gasteiger partial charge in [-0.15, -0.1) is 0 Å². The average molecular weight is 285 g/mol. The molecule has 0 amide bonds. The van der Waals surface area contributed by atoms with Gasteiger partial charge in [0.2, 0.25) is 0 Å². The van der Waals surface area contributed by atoms with E-state index in [0.29, 0.717) is 17.2 Å². The van der Waals surface area contributed by atoms with Gasteiger partial charge in [0, 0.05) is 12.7 Å². The summed E-state index contributed by atoms with van der Waals surface area (Å²) in [5.74, 6) is 0.786. The molecule has 0 bridgehead atoms. The molecule has 2 atom stereocenters. The van der Waals surface area contributed by atoms with Gasteiger partial charge >= 0.3 is 0 Å². The zero-order valence-corrected chi connectivity index (χ0v) is 14.5. The average Bonchev–Trinajstić information content (AvgIpc) is 2.89. The Kier molecular flexibility index (Phi) is 5.91. The van der Waals surface area contributed by atoms with Gasteiger partial charge in [0.25, 0.3) is 0 Å². The molecular formula is C16H32O2Si. The van der Waals surface area contributed by atoms with Gasteiger partial charge in [-0.3, -0.25) is 0 Å². The molecule has 0 aromatic rings. The van der Waals surface area contributed by atoms with Crippen LogP contribution in [0.2, 0.25) is 0 Å². The van der Waals surface area contributed by atoms with Crippen LogP contribution in [0.3, 0.4) is 0 Å². The highest BCUT2D eigenvalue weighted by Gasteiger charge is 2.38.